The summed E-state index contributed by atoms with van der Waals surface area (Å²) in [6.45, 7) is 2.46. The predicted octanol–water partition coefficient (Wildman–Crippen LogP) is 6.81. The van der Waals surface area contributed by atoms with Crippen molar-refractivity contribution in [3.63, 3.8) is 0 Å². The summed E-state index contributed by atoms with van der Waals surface area (Å²) in [6.07, 6.45) is 5.94. The van der Waals surface area contributed by atoms with E-state index >= 15 is 0 Å². The molecule has 2 N–H and O–H groups in total. The molecule has 0 atom stereocenters. The van der Waals surface area contributed by atoms with Gasteiger partial charge >= 0.3 is 0 Å². The normalized spacial score (nSPS) is 15.5. The number of hydrogen-bond acceptors (Lipinski definition) is 8. The molecule has 1 aliphatic heterocycles. The Morgan fingerprint density at radius 1 is 0.898 bits per heavy atom. The number of amides is 1. The Labute approximate surface area is 283 Å². The minimum Gasteiger partial charge on any atom is -0.508 e. The highest BCUT2D eigenvalue weighted by Crippen LogP contribution is 2.37. The third kappa shape index (κ3) is 6.37. The number of ether oxygens (including phenoxy) is 2. The molecule has 1 aliphatic carbocycles. The second-order valence-corrected chi connectivity index (χ2v) is 12.7. The van der Waals surface area contributed by atoms with E-state index in [2.05, 4.69) is 43.4 Å². The minimum atomic E-state index is -0.0263. The van der Waals surface area contributed by atoms with Crippen molar-refractivity contribution in [2.75, 3.05) is 26.3 Å². The maximum absolute atomic E-state index is 13.4. The summed E-state index contributed by atoms with van der Waals surface area (Å²) in [4.78, 5) is 20.3. The zero-order chi connectivity index (χ0) is 33.2. The molecule has 1 saturated heterocycles. The monoisotopic (exact) mass is 655 g/mol. The lowest BCUT2D eigenvalue weighted by Crippen LogP contribution is -2.40. The van der Waals surface area contributed by atoms with Crippen molar-refractivity contribution in [3.05, 3.63) is 96.1 Å². The number of phenolic OH excluding ortho intramolecular Hbond substituents is 1. The van der Waals surface area contributed by atoms with Crippen LogP contribution in [0.5, 0.6) is 11.5 Å². The number of nitrogens with zero attached hydrogens (tertiary/aromatic N) is 6. The molecule has 6 aromatic rings. The van der Waals surface area contributed by atoms with E-state index in [1.807, 2.05) is 59.5 Å². The quantitative estimate of drug-likeness (QED) is 0.183. The maximum Gasteiger partial charge on any atom is 0.254 e. The molecular weight excluding hydrogens is 618 g/mol. The molecule has 8 rings (SSSR count). The van der Waals surface area contributed by atoms with Gasteiger partial charge in [-0.3, -0.25) is 4.79 Å². The van der Waals surface area contributed by atoms with Gasteiger partial charge in [0, 0.05) is 35.8 Å². The average Bonchev–Trinajstić information content (AvgIpc) is 3.83. The number of H-pyrrole nitrogens is 1. The number of benzene rings is 4. The number of aromatic amines is 1. The molecule has 49 heavy (non-hydrogen) atoms. The number of fused-ring (bicyclic) bond motifs is 1. The number of carbonyl (C=O) groups excluding carboxylic acids is 1. The summed E-state index contributed by atoms with van der Waals surface area (Å²) in [5.41, 5.74) is 7.07. The predicted molar refractivity (Wildman–Crippen MR) is 185 cm³/mol. The van der Waals surface area contributed by atoms with Gasteiger partial charge in [0.25, 0.3) is 5.91 Å². The summed E-state index contributed by atoms with van der Waals surface area (Å²) in [5.74, 6) is 2.33. The summed E-state index contributed by atoms with van der Waals surface area (Å²) in [7, 11) is 0. The number of carbonyl (C=O) groups is 1. The smallest absolute Gasteiger partial charge is 0.254 e. The highest BCUT2D eigenvalue weighted by atomic mass is 16.5. The minimum absolute atomic E-state index is 0.0263. The van der Waals surface area contributed by atoms with E-state index in [-0.39, 0.29) is 18.3 Å². The summed E-state index contributed by atoms with van der Waals surface area (Å²) in [5, 5.41) is 24.7. The van der Waals surface area contributed by atoms with Crippen LogP contribution in [-0.4, -0.2) is 72.4 Å². The van der Waals surface area contributed by atoms with Gasteiger partial charge in [0.1, 0.15) is 23.9 Å². The number of aromatic hydroxyl groups is 1. The van der Waals surface area contributed by atoms with Gasteiger partial charge < -0.3 is 24.0 Å². The Kier molecular flexibility index (Phi) is 8.49. The van der Waals surface area contributed by atoms with Gasteiger partial charge in [0.15, 0.2) is 0 Å². The van der Waals surface area contributed by atoms with Crippen molar-refractivity contribution in [1.29, 1.82) is 0 Å². The van der Waals surface area contributed by atoms with E-state index in [0.717, 1.165) is 57.5 Å². The topological polar surface area (TPSA) is 131 Å². The standard InChI is InChI=1S/C38H37N7O4/c46-31-8-4-5-26(22-31)33-15-11-28(38(47)44-17-19-48-20-18-44)21-29(33)24-49-32-13-9-25(10-14-32)37-39-34-23-27(36-40-42-43-41-36)12-16-35(34)45(37)30-6-2-1-3-7-30/h4-5,8-16,21-23,30,46H,1-3,6-7,17-20,24H2,(H,40,41,42,43). The summed E-state index contributed by atoms with van der Waals surface area (Å²) in [6, 6.07) is 27.4. The number of hydrogen-bond donors (Lipinski definition) is 2. The molecule has 2 fully saturated rings. The lowest BCUT2D eigenvalue weighted by molar-refractivity contribution is 0.0303. The van der Waals surface area contributed by atoms with Crippen LogP contribution >= 0.6 is 0 Å². The van der Waals surface area contributed by atoms with Crippen molar-refractivity contribution < 1.29 is 19.4 Å². The number of tetrazole rings is 1. The number of nitrogens with one attached hydrogen (secondary N) is 1. The number of morpholine rings is 1. The molecule has 1 saturated carbocycles. The van der Waals surface area contributed by atoms with Crippen molar-refractivity contribution in [2.45, 2.75) is 44.8 Å². The van der Waals surface area contributed by atoms with Gasteiger partial charge in [0.2, 0.25) is 5.82 Å². The van der Waals surface area contributed by atoms with Crippen LogP contribution < -0.4 is 4.74 Å². The van der Waals surface area contributed by atoms with Gasteiger partial charge in [-0.2, -0.15) is 5.21 Å². The van der Waals surface area contributed by atoms with E-state index in [1.165, 1.54) is 19.3 Å². The molecule has 2 aliphatic rings. The Morgan fingerprint density at radius 3 is 2.49 bits per heavy atom. The van der Waals surface area contributed by atoms with Crippen LogP contribution in [0.4, 0.5) is 0 Å². The number of aromatic nitrogens is 6. The lowest BCUT2D eigenvalue weighted by atomic mass is 9.94. The van der Waals surface area contributed by atoms with Crippen molar-refractivity contribution in [2.24, 2.45) is 0 Å². The first-order valence-corrected chi connectivity index (χ1v) is 16.9. The molecule has 248 valence electrons. The molecule has 1 amide bonds. The van der Waals surface area contributed by atoms with Crippen LogP contribution in [0.15, 0.2) is 84.9 Å². The average molecular weight is 656 g/mol. The van der Waals surface area contributed by atoms with Gasteiger partial charge in [0.05, 0.1) is 24.2 Å². The fourth-order valence-corrected chi connectivity index (χ4v) is 7.05. The Hall–Kier alpha value is -5.55. The third-order valence-electron chi connectivity index (χ3n) is 9.55. The summed E-state index contributed by atoms with van der Waals surface area (Å²) < 4.78 is 14.2. The zero-order valence-corrected chi connectivity index (χ0v) is 27.1. The fourth-order valence-electron chi connectivity index (χ4n) is 7.05. The maximum atomic E-state index is 13.4. The van der Waals surface area contributed by atoms with Gasteiger partial charge in [-0.15, -0.1) is 10.2 Å². The first-order chi connectivity index (χ1) is 24.1. The van der Waals surface area contributed by atoms with Crippen LogP contribution in [0.1, 0.15) is 54.1 Å². The van der Waals surface area contributed by atoms with E-state index in [4.69, 9.17) is 14.5 Å². The molecule has 4 aromatic carbocycles. The van der Waals surface area contributed by atoms with E-state index in [9.17, 15) is 9.90 Å². The van der Waals surface area contributed by atoms with Crippen LogP contribution in [-0.2, 0) is 11.3 Å². The van der Waals surface area contributed by atoms with Crippen LogP contribution in [0.3, 0.4) is 0 Å². The van der Waals surface area contributed by atoms with Gasteiger partial charge in [-0.1, -0.05) is 37.5 Å². The lowest BCUT2D eigenvalue weighted by Gasteiger charge is -2.27. The second kappa shape index (κ2) is 13.5. The Bertz CT molecular complexity index is 2080. The van der Waals surface area contributed by atoms with E-state index < -0.39 is 0 Å². The first kappa shape index (κ1) is 30.8. The number of phenols is 1. The second-order valence-electron chi connectivity index (χ2n) is 12.7. The first-order valence-electron chi connectivity index (χ1n) is 16.9. The summed E-state index contributed by atoms with van der Waals surface area (Å²) >= 11 is 0. The highest BCUT2D eigenvalue weighted by molar-refractivity contribution is 5.95. The molecular formula is C38H37N7O4. The zero-order valence-electron chi connectivity index (χ0n) is 27.1. The largest absolute Gasteiger partial charge is 0.508 e. The third-order valence-corrected chi connectivity index (χ3v) is 9.55. The molecule has 11 nitrogen and oxygen atoms in total. The molecule has 0 spiro atoms. The molecule has 0 unspecified atom stereocenters. The van der Waals surface area contributed by atoms with Crippen LogP contribution in [0.25, 0.3) is 44.9 Å². The van der Waals surface area contributed by atoms with Crippen LogP contribution in [0.2, 0.25) is 0 Å². The molecule has 3 heterocycles. The molecule has 2 aromatic heterocycles. The van der Waals surface area contributed by atoms with E-state index in [0.29, 0.717) is 49.5 Å². The number of imidazole rings is 1. The number of rotatable bonds is 8. The van der Waals surface area contributed by atoms with E-state index in [1.54, 1.807) is 12.1 Å². The Morgan fingerprint density at radius 2 is 1.71 bits per heavy atom. The van der Waals surface area contributed by atoms with Crippen molar-refractivity contribution in [1.82, 2.24) is 35.1 Å². The van der Waals surface area contributed by atoms with Crippen LogP contribution in [0, 0.1) is 0 Å². The van der Waals surface area contributed by atoms with Crippen molar-refractivity contribution in [3.8, 4) is 45.4 Å². The molecule has 11 heteroatoms. The van der Waals surface area contributed by atoms with Gasteiger partial charge in [-0.25, -0.2) is 4.98 Å². The SMILES string of the molecule is O=C(c1ccc(-c2cccc(O)c2)c(COc2ccc(-c3nc4cc(-c5nn[nH]n5)ccc4n3C3CCCCC3)cc2)c1)N1CCOCC1. The van der Waals surface area contributed by atoms with Crippen molar-refractivity contribution >= 4 is 16.9 Å². The molecule has 0 bridgehead atoms. The Balaban J connectivity index is 1.08. The molecule has 0 radical (unpaired) electrons. The fraction of sp³-hybridized carbons (Fsp3) is 0.289. The van der Waals surface area contributed by atoms with Gasteiger partial charge in [-0.05, 0) is 101 Å². The highest BCUT2D eigenvalue weighted by Gasteiger charge is 2.24.